The number of carbonyl (C=O) groups excluding carboxylic acids is 2. The Kier molecular flexibility index (Phi) is 6.93. The lowest BCUT2D eigenvalue weighted by molar-refractivity contribution is -0.131. The van der Waals surface area contributed by atoms with E-state index in [-0.39, 0.29) is 17.9 Å². The minimum absolute atomic E-state index is 0.117. The van der Waals surface area contributed by atoms with Crippen LogP contribution in [-0.4, -0.2) is 78.4 Å². The Labute approximate surface area is 180 Å². The van der Waals surface area contributed by atoms with E-state index in [9.17, 15) is 9.59 Å². The molecule has 0 spiro atoms. The third-order valence-corrected chi connectivity index (χ3v) is 7.00. The highest BCUT2D eigenvalue weighted by molar-refractivity contribution is 5.94. The first kappa shape index (κ1) is 21.2. The fraction of sp³-hybridized carbons (Fsp3) is 0.667. The average molecular weight is 414 g/mol. The number of ether oxygens (including phenoxy) is 1. The topological polar surface area (TPSA) is 53.1 Å². The average Bonchev–Trinajstić information content (AvgIpc) is 3.18. The van der Waals surface area contributed by atoms with E-state index in [1.54, 1.807) is 6.92 Å². The SMILES string of the molecule is CC(=O)N1CC[C@@H]2[C@@H](CCCCN2C(=O)c2ccc(OCCN3CCCC3)cc2)C1. The zero-order valence-electron chi connectivity index (χ0n) is 18.2. The van der Waals surface area contributed by atoms with Gasteiger partial charge in [0.2, 0.25) is 5.91 Å². The minimum atomic E-state index is 0.117. The zero-order chi connectivity index (χ0) is 20.9. The van der Waals surface area contributed by atoms with E-state index in [0.29, 0.717) is 12.5 Å². The van der Waals surface area contributed by atoms with Gasteiger partial charge in [-0.2, -0.15) is 0 Å². The van der Waals surface area contributed by atoms with Crippen LogP contribution < -0.4 is 4.74 Å². The van der Waals surface area contributed by atoms with Crippen molar-refractivity contribution < 1.29 is 14.3 Å². The van der Waals surface area contributed by atoms with Crippen molar-refractivity contribution in [1.82, 2.24) is 14.7 Å². The Morgan fingerprint density at radius 3 is 2.43 bits per heavy atom. The largest absolute Gasteiger partial charge is 0.492 e. The van der Waals surface area contributed by atoms with E-state index in [4.69, 9.17) is 4.74 Å². The summed E-state index contributed by atoms with van der Waals surface area (Å²) in [5.41, 5.74) is 0.733. The summed E-state index contributed by atoms with van der Waals surface area (Å²) < 4.78 is 5.88. The number of likely N-dealkylation sites (tertiary alicyclic amines) is 3. The van der Waals surface area contributed by atoms with Gasteiger partial charge in [0.15, 0.2) is 0 Å². The predicted octanol–water partition coefficient (Wildman–Crippen LogP) is 3.02. The van der Waals surface area contributed by atoms with Crippen LogP contribution in [0.3, 0.4) is 0 Å². The number of hydrogen-bond donors (Lipinski definition) is 0. The van der Waals surface area contributed by atoms with Gasteiger partial charge in [0.1, 0.15) is 12.4 Å². The molecule has 3 fully saturated rings. The summed E-state index contributed by atoms with van der Waals surface area (Å²) in [6, 6.07) is 7.89. The van der Waals surface area contributed by atoms with Crippen molar-refractivity contribution in [2.45, 2.75) is 51.5 Å². The molecule has 3 aliphatic rings. The van der Waals surface area contributed by atoms with E-state index in [1.165, 1.54) is 25.9 Å². The Bertz CT molecular complexity index is 730. The molecule has 3 heterocycles. The molecule has 0 aliphatic carbocycles. The van der Waals surface area contributed by atoms with Crippen molar-refractivity contribution in [3.05, 3.63) is 29.8 Å². The molecule has 2 atom stereocenters. The van der Waals surface area contributed by atoms with Crippen molar-refractivity contribution in [3.8, 4) is 5.75 Å². The molecule has 1 aromatic rings. The van der Waals surface area contributed by atoms with Gasteiger partial charge >= 0.3 is 0 Å². The number of benzene rings is 1. The third kappa shape index (κ3) is 4.97. The minimum Gasteiger partial charge on any atom is -0.492 e. The lowest BCUT2D eigenvalue weighted by atomic mass is 9.88. The summed E-state index contributed by atoms with van der Waals surface area (Å²) in [6.07, 6.45) is 6.73. The van der Waals surface area contributed by atoms with Gasteiger partial charge in [-0.3, -0.25) is 14.5 Å². The molecule has 164 valence electrons. The number of fused-ring (bicyclic) bond motifs is 1. The molecule has 2 amide bonds. The van der Waals surface area contributed by atoms with Crippen LogP contribution in [0.2, 0.25) is 0 Å². The van der Waals surface area contributed by atoms with Crippen molar-refractivity contribution in [1.29, 1.82) is 0 Å². The molecule has 0 bridgehead atoms. The smallest absolute Gasteiger partial charge is 0.254 e. The fourth-order valence-electron chi connectivity index (χ4n) is 5.26. The maximum atomic E-state index is 13.3. The molecule has 4 rings (SSSR count). The Morgan fingerprint density at radius 1 is 0.967 bits per heavy atom. The van der Waals surface area contributed by atoms with Gasteiger partial charge in [0, 0.05) is 44.7 Å². The molecule has 0 radical (unpaired) electrons. The third-order valence-electron chi connectivity index (χ3n) is 7.00. The van der Waals surface area contributed by atoms with Gasteiger partial charge in [-0.1, -0.05) is 6.42 Å². The van der Waals surface area contributed by atoms with Gasteiger partial charge in [-0.15, -0.1) is 0 Å². The van der Waals surface area contributed by atoms with Crippen LogP contribution in [0.15, 0.2) is 24.3 Å². The highest BCUT2D eigenvalue weighted by Crippen LogP contribution is 2.31. The Morgan fingerprint density at radius 2 is 1.70 bits per heavy atom. The maximum absolute atomic E-state index is 13.3. The van der Waals surface area contributed by atoms with Gasteiger partial charge in [-0.05, 0) is 75.4 Å². The Hall–Kier alpha value is -2.08. The molecule has 3 aliphatic heterocycles. The number of piperidine rings is 1. The molecule has 3 saturated heterocycles. The van der Waals surface area contributed by atoms with Crippen LogP contribution in [0.1, 0.15) is 55.8 Å². The molecular weight excluding hydrogens is 378 g/mol. The van der Waals surface area contributed by atoms with E-state index in [1.807, 2.05) is 29.2 Å². The van der Waals surface area contributed by atoms with E-state index in [2.05, 4.69) is 9.80 Å². The number of nitrogens with zero attached hydrogens (tertiary/aromatic N) is 3. The first-order chi connectivity index (χ1) is 14.6. The predicted molar refractivity (Wildman–Crippen MR) is 117 cm³/mol. The number of amides is 2. The summed E-state index contributed by atoms with van der Waals surface area (Å²) in [4.78, 5) is 31.6. The summed E-state index contributed by atoms with van der Waals surface area (Å²) in [5.74, 6) is 1.49. The van der Waals surface area contributed by atoms with Crippen molar-refractivity contribution in [2.24, 2.45) is 5.92 Å². The zero-order valence-corrected chi connectivity index (χ0v) is 18.2. The van der Waals surface area contributed by atoms with Gasteiger partial charge in [0.05, 0.1) is 0 Å². The monoisotopic (exact) mass is 413 g/mol. The second-order valence-electron chi connectivity index (χ2n) is 9.00. The second kappa shape index (κ2) is 9.82. The number of carbonyl (C=O) groups is 2. The van der Waals surface area contributed by atoms with Crippen molar-refractivity contribution >= 4 is 11.8 Å². The second-order valence-corrected chi connectivity index (χ2v) is 9.00. The molecule has 6 heteroatoms. The lowest BCUT2D eigenvalue weighted by Gasteiger charge is -2.42. The summed E-state index contributed by atoms with van der Waals surface area (Å²) in [5, 5.41) is 0. The van der Waals surface area contributed by atoms with Crippen LogP contribution >= 0.6 is 0 Å². The van der Waals surface area contributed by atoms with Crippen molar-refractivity contribution in [2.75, 3.05) is 45.9 Å². The molecule has 6 nitrogen and oxygen atoms in total. The molecule has 0 N–H and O–H groups in total. The Balaban J connectivity index is 1.36. The highest BCUT2D eigenvalue weighted by atomic mass is 16.5. The first-order valence-electron chi connectivity index (χ1n) is 11.6. The molecule has 0 aromatic heterocycles. The first-order valence-corrected chi connectivity index (χ1v) is 11.6. The molecule has 30 heavy (non-hydrogen) atoms. The van der Waals surface area contributed by atoms with E-state index < -0.39 is 0 Å². The lowest BCUT2D eigenvalue weighted by Crippen LogP contribution is -2.53. The van der Waals surface area contributed by atoms with Gasteiger partial charge in [0.25, 0.3) is 5.91 Å². The molecule has 1 aromatic carbocycles. The van der Waals surface area contributed by atoms with E-state index >= 15 is 0 Å². The van der Waals surface area contributed by atoms with Gasteiger partial charge < -0.3 is 14.5 Å². The van der Waals surface area contributed by atoms with Crippen LogP contribution in [0.25, 0.3) is 0 Å². The maximum Gasteiger partial charge on any atom is 0.254 e. The fourth-order valence-corrected chi connectivity index (χ4v) is 5.26. The normalized spacial score (nSPS) is 25.0. The standard InChI is InChI=1S/C24H35N3O3/c1-19(28)26-15-11-23-21(18-26)6-2-3-14-27(23)24(29)20-7-9-22(10-8-20)30-17-16-25-12-4-5-13-25/h7-10,21,23H,2-6,11-18H2,1H3/t21-,23+/m0/s1. The quantitative estimate of drug-likeness (QED) is 0.745. The molecule has 0 unspecified atom stereocenters. The number of rotatable bonds is 5. The van der Waals surface area contributed by atoms with Crippen LogP contribution in [-0.2, 0) is 4.79 Å². The highest BCUT2D eigenvalue weighted by Gasteiger charge is 2.37. The molecule has 0 saturated carbocycles. The van der Waals surface area contributed by atoms with Crippen LogP contribution in [0, 0.1) is 5.92 Å². The number of hydrogen-bond acceptors (Lipinski definition) is 4. The van der Waals surface area contributed by atoms with Gasteiger partial charge in [-0.25, -0.2) is 0 Å². The van der Waals surface area contributed by atoms with Crippen LogP contribution in [0.5, 0.6) is 5.75 Å². The molecular formula is C24H35N3O3. The van der Waals surface area contributed by atoms with Crippen molar-refractivity contribution in [3.63, 3.8) is 0 Å². The summed E-state index contributed by atoms with van der Waals surface area (Å²) in [7, 11) is 0. The summed E-state index contributed by atoms with van der Waals surface area (Å²) >= 11 is 0. The van der Waals surface area contributed by atoms with E-state index in [0.717, 1.165) is 63.2 Å². The van der Waals surface area contributed by atoms with Crippen LogP contribution in [0.4, 0.5) is 0 Å². The summed E-state index contributed by atoms with van der Waals surface area (Å²) in [6.45, 7) is 8.02.